The zero-order valence-electron chi connectivity index (χ0n) is 9.85. The third-order valence-electron chi connectivity index (χ3n) is 2.67. The van der Waals surface area contributed by atoms with Gasteiger partial charge in [-0.2, -0.15) is 0 Å². The van der Waals surface area contributed by atoms with Gasteiger partial charge in [-0.1, -0.05) is 6.07 Å². The molecule has 1 aromatic heterocycles. The molecule has 5 heteroatoms. The fraction of sp³-hybridized carbons (Fsp3) is 0.583. The van der Waals surface area contributed by atoms with Crippen molar-refractivity contribution in [1.82, 2.24) is 5.32 Å². The Balaban J connectivity index is 1.81. The SMILES string of the molecule is CCO[C@H]1COC[C@@H]1NC(=O)Cc1cccs1. The van der Waals surface area contributed by atoms with Crippen molar-refractivity contribution < 1.29 is 14.3 Å². The summed E-state index contributed by atoms with van der Waals surface area (Å²) in [6.07, 6.45) is 0.430. The molecular weight excluding hydrogens is 238 g/mol. The van der Waals surface area contributed by atoms with E-state index in [0.29, 0.717) is 26.2 Å². The molecule has 0 spiro atoms. The minimum Gasteiger partial charge on any atom is -0.376 e. The van der Waals surface area contributed by atoms with Crippen molar-refractivity contribution >= 4 is 17.2 Å². The van der Waals surface area contributed by atoms with Gasteiger partial charge in [-0.25, -0.2) is 0 Å². The van der Waals surface area contributed by atoms with E-state index in [0.717, 1.165) is 4.88 Å². The maximum atomic E-state index is 11.8. The van der Waals surface area contributed by atoms with Crippen LogP contribution in [0.3, 0.4) is 0 Å². The quantitative estimate of drug-likeness (QED) is 0.860. The summed E-state index contributed by atoms with van der Waals surface area (Å²) in [5.41, 5.74) is 0. The van der Waals surface area contributed by atoms with Crippen molar-refractivity contribution in [3.05, 3.63) is 22.4 Å². The van der Waals surface area contributed by atoms with Crippen LogP contribution in [0.2, 0.25) is 0 Å². The van der Waals surface area contributed by atoms with E-state index in [9.17, 15) is 4.79 Å². The van der Waals surface area contributed by atoms with E-state index in [1.165, 1.54) is 0 Å². The van der Waals surface area contributed by atoms with Crippen molar-refractivity contribution in [2.45, 2.75) is 25.5 Å². The first-order chi connectivity index (χ1) is 8.29. The fourth-order valence-corrected chi connectivity index (χ4v) is 2.58. The summed E-state index contributed by atoms with van der Waals surface area (Å²) in [5, 5.41) is 4.95. The number of nitrogens with one attached hydrogen (secondary N) is 1. The highest BCUT2D eigenvalue weighted by Crippen LogP contribution is 2.12. The van der Waals surface area contributed by atoms with Crippen LogP contribution >= 0.6 is 11.3 Å². The molecule has 4 nitrogen and oxygen atoms in total. The molecule has 94 valence electrons. The molecule has 1 aromatic rings. The molecule has 2 atom stereocenters. The summed E-state index contributed by atoms with van der Waals surface area (Å²) in [4.78, 5) is 12.9. The Labute approximate surface area is 105 Å². The molecule has 2 heterocycles. The van der Waals surface area contributed by atoms with Gasteiger partial charge < -0.3 is 14.8 Å². The molecule has 1 amide bonds. The minimum atomic E-state index is -0.0117. The highest BCUT2D eigenvalue weighted by molar-refractivity contribution is 7.10. The Morgan fingerprint density at radius 3 is 3.24 bits per heavy atom. The summed E-state index contributed by atoms with van der Waals surface area (Å²) in [7, 11) is 0. The molecule has 0 saturated carbocycles. The minimum absolute atomic E-state index is 0.00714. The Bertz CT molecular complexity index is 353. The summed E-state index contributed by atoms with van der Waals surface area (Å²) < 4.78 is 10.8. The van der Waals surface area contributed by atoms with Gasteiger partial charge in [0.1, 0.15) is 6.10 Å². The lowest BCUT2D eigenvalue weighted by molar-refractivity contribution is -0.121. The van der Waals surface area contributed by atoms with Crippen molar-refractivity contribution in [3.8, 4) is 0 Å². The van der Waals surface area contributed by atoms with Crippen LogP contribution < -0.4 is 5.32 Å². The van der Waals surface area contributed by atoms with E-state index in [4.69, 9.17) is 9.47 Å². The van der Waals surface area contributed by atoms with E-state index < -0.39 is 0 Å². The number of thiophene rings is 1. The number of hydrogen-bond acceptors (Lipinski definition) is 4. The second kappa shape index (κ2) is 6.14. The van der Waals surface area contributed by atoms with Gasteiger partial charge in [0.05, 0.1) is 25.7 Å². The molecule has 0 aliphatic carbocycles. The first kappa shape index (κ1) is 12.5. The second-order valence-corrected chi connectivity index (χ2v) is 4.99. The molecule has 1 fully saturated rings. The molecule has 1 aliphatic rings. The van der Waals surface area contributed by atoms with Crippen molar-refractivity contribution in [1.29, 1.82) is 0 Å². The average molecular weight is 255 g/mol. The van der Waals surface area contributed by atoms with Crippen LogP contribution in [-0.4, -0.2) is 37.9 Å². The van der Waals surface area contributed by atoms with Crippen molar-refractivity contribution in [3.63, 3.8) is 0 Å². The van der Waals surface area contributed by atoms with Crippen LogP contribution in [0, 0.1) is 0 Å². The van der Waals surface area contributed by atoms with Gasteiger partial charge in [0.15, 0.2) is 0 Å². The van der Waals surface area contributed by atoms with Crippen LogP contribution in [0.25, 0.3) is 0 Å². The Kier molecular flexibility index (Phi) is 4.53. The molecular formula is C12H17NO3S. The number of rotatable bonds is 5. The molecule has 1 saturated heterocycles. The van der Waals surface area contributed by atoms with Gasteiger partial charge in [0, 0.05) is 11.5 Å². The standard InChI is InChI=1S/C12H17NO3S/c1-2-16-11-8-15-7-10(11)13-12(14)6-9-4-3-5-17-9/h3-5,10-11H,2,6-8H2,1H3,(H,13,14)/t10-,11-/m0/s1. The Morgan fingerprint density at radius 2 is 2.53 bits per heavy atom. The number of amides is 1. The molecule has 1 aliphatic heterocycles. The van der Waals surface area contributed by atoms with E-state index >= 15 is 0 Å². The number of hydrogen-bond donors (Lipinski definition) is 1. The predicted octanol–water partition coefficient (Wildman–Crippen LogP) is 1.21. The lowest BCUT2D eigenvalue weighted by Gasteiger charge is -2.18. The third-order valence-corrected chi connectivity index (χ3v) is 3.55. The second-order valence-electron chi connectivity index (χ2n) is 3.96. The van der Waals surface area contributed by atoms with Crippen LogP contribution in [0.4, 0.5) is 0 Å². The molecule has 0 aromatic carbocycles. The van der Waals surface area contributed by atoms with E-state index in [1.54, 1.807) is 11.3 Å². The molecule has 0 radical (unpaired) electrons. The zero-order chi connectivity index (χ0) is 12.1. The smallest absolute Gasteiger partial charge is 0.225 e. The first-order valence-electron chi connectivity index (χ1n) is 5.80. The normalized spacial score (nSPS) is 23.8. The zero-order valence-corrected chi connectivity index (χ0v) is 10.7. The molecule has 1 N–H and O–H groups in total. The maximum Gasteiger partial charge on any atom is 0.225 e. The molecule has 2 rings (SSSR count). The summed E-state index contributed by atoms with van der Waals surface area (Å²) in [6.45, 7) is 3.70. The topological polar surface area (TPSA) is 47.6 Å². The molecule has 0 bridgehead atoms. The number of carbonyl (C=O) groups is 1. The summed E-state index contributed by atoms with van der Waals surface area (Å²) >= 11 is 1.60. The van der Waals surface area contributed by atoms with Gasteiger partial charge in [0.25, 0.3) is 0 Å². The predicted molar refractivity (Wildman–Crippen MR) is 66.2 cm³/mol. The Hall–Kier alpha value is -0.910. The van der Waals surface area contributed by atoms with E-state index in [-0.39, 0.29) is 18.1 Å². The van der Waals surface area contributed by atoms with Gasteiger partial charge in [0.2, 0.25) is 5.91 Å². The van der Waals surface area contributed by atoms with Crippen molar-refractivity contribution in [2.24, 2.45) is 0 Å². The first-order valence-corrected chi connectivity index (χ1v) is 6.68. The van der Waals surface area contributed by atoms with Crippen LogP contribution in [0.15, 0.2) is 17.5 Å². The summed E-state index contributed by atoms with van der Waals surface area (Å²) in [5.74, 6) is 0.0349. The third kappa shape index (κ3) is 3.52. The highest BCUT2D eigenvalue weighted by atomic mass is 32.1. The maximum absolute atomic E-state index is 11.8. The molecule has 17 heavy (non-hydrogen) atoms. The van der Waals surface area contributed by atoms with Gasteiger partial charge in [-0.15, -0.1) is 11.3 Å². The van der Waals surface area contributed by atoms with Gasteiger partial charge >= 0.3 is 0 Å². The average Bonchev–Trinajstić information content (AvgIpc) is 2.92. The largest absolute Gasteiger partial charge is 0.376 e. The lowest BCUT2D eigenvalue weighted by atomic mass is 10.2. The Morgan fingerprint density at radius 1 is 1.65 bits per heavy atom. The highest BCUT2D eigenvalue weighted by Gasteiger charge is 2.29. The van der Waals surface area contributed by atoms with Gasteiger partial charge in [-0.3, -0.25) is 4.79 Å². The molecule has 0 unspecified atom stereocenters. The number of ether oxygens (including phenoxy) is 2. The van der Waals surface area contributed by atoms with Crippen LogP contribution in [-0.2, 0) is 20.7 Å². The van der Waals surface area contributed by atoms with Crippen LogP contribution in [0.5, 0.6) is 0 Å². The van der Waals surface area contributed by atoms with Crippen molar-refractivity contribution in [2.75, 3.05) is 19.8 Å². The van der Waals surface area contributed by atoms with E-state index in [1.807, 2.05) is 24.4 Å². The fourth-order valence-electron chi connectivity index (χ4n) is 1.88. The number of carbonyl (C=O) groups excluding carboxylic acids is 1. The van der Waals surface area contributed by atoms with E-state index in [2.05, 4.69) is 5.32 Å². The monoisotopic (exact) mass is 255 g/mol. The van der Waals surface area contributed by atoms with Gasteiger partial charge in [-0.05, 0) is 18.4 Å². The lowest BCUT2D eigenvalue weighted by Crippen LogP contribution is -2.44. The summed E-state index contributed by atoms with van der Waals surface area (Å²) in [6, 6.07) is 3.91. The van der Waals surface area contributed by atoms with Crippen LogP contribution in [0.1, 0.15) is 11.8 Å².